The molecule has 3 aromatic heterocycles. The van der Waals surface area contributed by atoms with Gasteiger partial charge in [0.05, 0.1) is 17.1 Å². The van der Waals surface area contributed by atoms with E-state index < -0.39 is 15.9 Å². The summed E-state index contributed by atoms with van der Waals surface area (Å²) < 4.78 is 28.8. The fourth-order valence-corrected chi connectivity index (χ4v) is 6.14. The number of hydrogen-bond acceptors (Lipinski definition) is 7. The molecule has 0 aliphatic rings. The van der Waals surface area contributed by atoms with Crippen molar-refractivity contribution in [3.8, 4) is 10.6 Å². The van der Waals surface area contributed by atoms with Crippen molar-refractivity contribution in [2.24, 2.45) is 7.05 Å². The van der Waals surface area contributed by atoms with Crippen LogP contribution in [0.3, 0.4) is 0 Å². The number of nitrogens with one attached hydrogen (secondary N) is 3. The summed E-state index contributed by atoms with van der Waals surface area (Å²) in [7, 11) is -2.09. The molecule has 32 heavy (non-hydrogen) atoms. The first-order chi connectivity index (χ1) is 15.0. The van der Waals surface area contributed by atoms with Gasteiger partial charge in [0.1, 0.15) is 10.6 Å². The number of hydrogen-bond donors (Lipinski definition) is 3. The topological polar surface area (TPSA) is 122 Å². The van der Waals surface area contributed by atoms with Gasteiger partial charge < -0.3 is 9.88 Å². The average molecular weight is 496 g/mol. The van der Waals surface area contributed by atoms with Crippen LogP contribution < -0.4 is 15.4 Å². The molecule has 2 amide bonds. The third-order valence-electron chi connectivity index (χ3n) is 4.34. The first-order valence-electron chi connectivity index (χ1n) is 9.77. The monoisotopic (exact) mass is 495 g/mol. The second kappa shape index (κ2) is 9.53. The number of rotatable bonds is 8. The molecule has 0 aliphatic carbocycles. The van der Waals surface area contributed by atoms with Gasteiger partial charge in [-0.2, -0.15) is 0 Å². The number of aryl methyl sites for hydroxylation is 2. The van der Waals surface area contributed by atoms with E-state index in [0.29, 0.717) is 11.7 Å². The molecule has 3 N–H and O–H groups in total. The normalized spacial score (nSPS) is 11.7. The van der Waals surface area contributed by atoms with Gasteiger partial charge in [0.2, 0.25) is 15.9 Å². The zero-order valence-corrected chi connectivity index (χ0v) is 20.8. The molecule has 0 saturated heterocycles. The van der Waals surface area contributed by atoms with Gasteiger partial charge in [-0.1, -0.05) is 0 Å². The first kappa shape index (κ1) is 24.1. The molecule has 3 aromatic rings. The van der Waals surface area contributed by atoms with Crippen LogP contribution >= 0.6 is 22.7 Å². The van der Waals surface area contributed by atoms with Crippen LogP contribution in [0.15, 0.2) is 29.3 Å². The Bertz CT molecular complexity index is 1250. The summed E-state index contributed by atoms with van der Waals surface area (Å²) in [5.41, 5.74) is 0.970. The lowest BCUT2D eigenvalue weighted by Gasteiger charge is -2.07. The Labute approximate surface area is 194 Å². The van der Waals surface area contributed by atoms with Gasteiger partial charge in [0, 0.05) is 36.0 Å². The second-order valence-corrected chi connectivity index (χ2v) is 11.6. The molecule has 9 nitrogen and oxygen atoms in total. The van der Waals surface area contributed by atoms with Crippen LogP contribution in [0.5, 0.6) is 0 Å². The molecular formula is C20H25N5O4S3. The standard InChI is InChI=1S/C20H25N5O4S3/c1-11(2)24-32(28,29)15-8-16(25(5)10-15)19(27)23-20-22-18(12(3)30-20)17-7-6-14(31-17)9-21-13(4)26/h6-8,10-11,24H,9H2,1-5H3,(H,21,26)(H,22,23,27). The van der Waals surface area contributed by atoms with Gasteiger partial charge in [-0.15, -0.1) is 22.7 Å². The molecule has 172 valence electrons. The zero-order valence-electron chi connectivity index (χ0n) is 18.3. The highest BCUT2D eigenvalue weighted by atomic mass is 32.2. The van der Waals surface area contributed by atoms with Gasteiger partial charge >= 0.3 is 0 Å². The maximum absolute atomic E-state index is 12.8. The molecule has 0 fully saturated rings. The molecule has 0 bridgehead atoms. The fraction of sp³-hybridized carbons (Fsp3) is 0.350. The number of thiazole rings is 1. The summed E-state index contributed by atoms with van der Waals surface area (Å²) in [5, 5.41) is 5.95. The molecule has 0 spiro atoms. The van der Waals surface area contributed by atoms with Gasteiger partial charge in [-0.05, 0) is 39.0 Å². The lowest BCUT2D eigenvalue weighted by atomic mass is 10.3. The van der Waals surface area contributed by atoms with Crippen LogP contribution in [0.1, 0.15) is 41.0 Å². The van der Waals surface area contributed by atoms with Crippen molar-refractivity contribution in [2.45, 2.75) is 45.2 Å². The molecule has 3 heterocycles. The maximum Gasteiger partial charge on any atom is 0.274 e. The lowest BCUT2D eigenvalue weighted by molar-refractivity contribution is -0.119. The average Bonchev–Trinajstić information content (AvgIpc) is 3.37. The molecule has 0 saturated carbocycles. The Hall–Kier alpha value is -2.54. The number of nitrogens with zero attached hydrogens (tertiary/aromatic N) is 2. The number of carbonyl (C=O) groups excluding carboxylic acids is 2. The summed E-state index contributed by atoms with van der Waals surface area (Å²) in [5.74, 6) is -0.539. The number of amides is 2. The highest BCUT2D eigenvalue weighted by molar-refractivity contribution is 7.89. The highest BCUT2D eigenvalue weighted by Crippen LogP contribution is 2.35. The van der Waals surface area contributed by atoms with E-state index in [1.807, 2.05) is 19.1 Å². The van der Waals surface area contributed by atoms with E-state index in [1.54, 1.807) is 20.9 Å². The van der Waals surface area contributed by atoms with Crippen molar-refractivity contribution < 1.29 is 18.0 Å². The maximum atomic E-state index is 12.8. The van der Waals surface area contributed by atoms with E-state index >= 15 is 0 Å². The predicted octanol–water partition coefficient (Wildman–Crippen LogP) is 3.09. The minimum absolute atomic E-state index is 0.0279. The van der Waals surface area contributed by atoms with Crippen molar-refractivity contribution in [3.05, 3.63) is 39.8 Å². The van der Waals surface area contributed by atoms with Crippen LogP contribution in [-0.4, -0.2) is 35.8 Å². The molecule has 12 heteroatoms. The summed E-state index contributed by atoms with van der Waals surface area (Å²) >= 11 is 2.86. The summed E-state index contributed by atoms with van der Waals surface area (Å²) in [4.78, 5) is 31.3. The van der Waals surface area contributed by atoms with E-state index in [4.69, 9.17) is 0 Å². The molecule has 0 unspecified atom stereocenters. The number of carbonyl (C=O) groups is 2. The van der Waals surface area contributed by atoms with Crippen molar-refractivity contribution in [2.75, 3.05) is 5.32 Å². The first-order valence-corrected chi connectivity index (χ1v) is 12.9. The van der Waals surface area contributed by atoms with Gasteiger partial charge in [-0.3, -0.25) is 14.9 Å². The Morgan fingerprint density at radius 2 is 1.94 bits per heavy atom. The second-order valence-electron chi connectivity index (χ2n) is 7.50. The van der Waals surface area contributed by atoms with E-state index in [0.717, 1.165) is 20.3 Å². The van der Waals surface area contributed by atoms with Crippen LogP contribution in [0.2, 0.25) is 0 Å². The van der Waals surface area contributed by atoms with Crippen LogP contribution in [0.4, 0.5) is 5.13 Å². The quantitative estimate of drug-likeness (QED) is 0.443. The Kier molecular flexibility index (Phi) is 7.18. The van der Waals surface area contributed by atoms with E-state index in [2.05, 4.69) is 20.3 Å². The van der Waals surface area contributed by atoms with E-state index in [-0.39, 0.29) is 22.5 Å². The molecule has 3 rings (SSSR count). The van der Waals surface area contributed by atoms with Crippen molar-refractivity contribution in [1.82, 2.24) is 19.6 Å². The predicted molar refractivity (Wildman–Crippen MR) is 127 cm³/mol. The zero-order chi connectivity index (χ0) is 23.6. The van der Waals surface area contributed by atoms with E-state index in [1.165, 1.54) is 46.4 Å². The molecule has 0 radical (unpaired) electrons. The van der Waals surface area contributed by atoms with Crippen molar-refractivity contribution >= 4 is 49.6 Å². The number of aromatic nitrogens is 2. The van der Waals surface area contributed by atoms with Crippen LogP contribution in [-0.2, 0) is 28.4 Å². The van der Waals surface area contributed by atoms with Crippen molar-refractivity contribution in [1.29, 1.82) is 0 Å². The van der Waals surface area contributed by atoms with Gasteiger partial charge in [-0.25, -0.2) is 18.1 Å². The lowest BCUT2D eigenvalue weighted by Crippen LogP contribution is -2.29. The molecule has 0 aromatic carbocycles. The summed E-state index contributed by atoms with van der Waals surface area (Å²) in [6.07, 6.45) is 1.40. The smallest absolute Gasteiger partial charge is 0.274 e. The Balaban J connectivity index is 1.77. The number of thiophene rings is 1. The number of anilines is 1. The van der Waals surface area contributed by atoms with Crippen LogP contribution in [0, 0.1) is 6.92 Å². The molecule has 0 aliphatic heterocycles. The van der Waals surface area contributed by atoms with Gasteiger partial charge in [0.15, 0.2) is 5.13 Å². The third-order valence-corrected chi connectivity index (χ3v) is 7.94. The minimum Gasteiger partial charge on any atom is -0.351 e. The van der Waals surface area contributed by atoms with E-state index in [9.17, 15) is 18.0 Å². The summed E-state index contributed by atoms with van der Waals surface area (Å²) in [6, 6.07) is 4.95. The molecular weight excluding hydrogens is 470 g/mol. The minimum atomic E-state index is -3.70. The Morgan fingerprint density at radius 1 is 1.22 bits per heavy atom. The SMILES string of the molecule is CC(=O)NCc1ccc(-c2nc(NC(=O)c3cc(S(=O)(=O)NC(C)C)cn3C)sc2C)s1. The Morgan fingerprint density at radius 3 is 2.59 bits per heavy atom. The van der Waals surface area contributed by atoms with Gasteiger partial charge in [0.25, 0.3) is 5.91 Å². The number of sulfonamides is 1. The van der Waals surface area contributed by atoms with Crippen LogP contribution in [0.25, 0.3) is 10.6 Å². The highest BCUT2D eigenvalue weighted by Gasteiger charge is 2.22. The largest absolute Gasteiger partial charge is 0.351 e. The summed E-state index contributed by atoms with van der Waals surface area (Å²) in [6.45, 7) is 7.30. The fourth-order valence-electron chi connectivity index (χ4n) is 2.94. The molecule has 0 atom stereocenters. The third kappa shape index (κ3) is 5.63. The van der Waals surface area contributed by atoms with Crippen molar-refractivity contribution in [3.63, 3.8) is 0 Å².